The van der Waals surface area contributed by atoms with Crippen molar-refractivity contribution in [3.8, 4) is 5.75 Å². The molecule has 1 heterocycles. The van der Waals surface area contributed by atoms with Crippen molar-refractivity contribution in [2.24, 2.45) is 4.99 Å². The Balaban J connectivity index is 1.38. The number of hydrogen-bond acceptors (Lipinski definition) is 6. The van der Waals surface area contributed by atoms with E-state index >= 15 is 0 Å². The van der Waals surface area contributed by atoms with Gasteiger partial charge >= 0.3 is 0 Å². The van der Waals surface area contributed by atoms with E-state index in [0.29, 0.717) is 36.5 Å². The van der Waals surface area contributed by atoms with Gasteiger partial charge in [-0.15, -0.1) is 0 Å². The molecule has 0 bridgehead atoms. The summed E-state index contributed by atoms with van der Waals surface area (Å²) < 4.78 is 34.6. The van der Waals surface area contributed by atoms with E-state index in [0.717, 1.165) is 43.8 Å². The van der Waals surface area contributed by atoms with Crippen molar-refractivity contribution in [3.63, 3.8) is 0 Å². The Morgan fingerprint density at radius 1 is 1.10 bits per heavy atom. The quantitative estimate of drug-likeness (QED) is 0.434. The minimum atomic E-state index is -3.93. The minimum absolute atomic E-state index is 0.00808. The van der Waals surface area contributed by atoms with Gasteiger partial charge in [0.1, 0.15) is 10.7 Å². The summed E-state index contributed by atoms with van der Waals surface area (Å²) in [5.74, 6) is 0.849. The van der Waals surface area contributed by atoms with Crippen LogP contribution >= 0.6 is 0 Å². The summed E-state index contributed by atoms with van der Waals surface area (Å²) >= 11 is 0. The highest BCUT2D eigenvalue weighted by atomic mass is 32.2. The molecule has 2 aromatic carbocycles. The summed E-state index contributed by atoms with van der Waals surface area (Å²) in [6.45, 7) is 13.9. The summed E-state index contributed by atoms with van der Waals surface area (Å²) in [5, 5.41) is 0. The Morgan fingerprint density at radius 2 is 1.88 bits per heavy atom. The summed E-state index contributed by atoms with van der Waals surface area (Å²) in [6, 6.07) is 14.6. The predicted octanol–water partition coefficient (Wildman–Crippen LogP) is 5.16. The molecule has 2 aromatic rings. The van der Waals surface area contributed by atoms with E-state index in [2.05, 4.69) is 40.8 Å². The lowest BCUT2D eigenvalue weighted by atomic mass is 10.1. The van der Waals surface area contributed by atoms with Crippen molar-refractivity contribution in [2.75, 3.05) is 37.5 Å². The number of rotatable bonds is 10. The summed E-state index contributed by atoms with van der Waals surface area (Å²) in [4.78, 5) is 21.6. The van der Waals surface area contributed by atoms with E-state index in [1.54, 1.807) is 36.4 Å². The number of anilines is 1. The number of para-hydroxylation sites is 1. The molecule has 0 spiro atoms. The van der Waals surface area contributed by atoms with E-state index in [-0.39, 0.29) is 16.5 Å². The van der Waals surface area contributed by atoms with Gasteiger partial charge in [0, 0.05) is 55.7 Å². The number of benzene rings is 2. The predicted molar refractivity (Wildman–Crippen MR) is 161 cm³/mol. The molecule has 1 aliphatic heterocycles. The third kappa shape index (κ3) is 7.16. The highest BCUT2D eigenvalue weighted by molar-refractivity contribution is 7.97. The van der Waals surface area contributed by atoms with Crippen LogP contribution in [0.2, 0.25) is 0 Å². The Kier molecular flexibility index (Phi) is 9.74. The van der Waals surface area contributed by atoms with Crippen molar-refractivity contribution < 1.29 is 17.9 Å². The van der Waals surface area contributed by atoms with Gasteiger partial charge in [-0.1, -0.05) is 50.4 Å². The van der Waals surface area contributed by atoms with Gasteiger partial charge in [0.2, 0.25) is 0 Å². The molecule has 1 aliphatic carbocycles. The molecule has 1 N–H and O–H groups in total. The molecule has 2 aliphatic rings. The number of sulfonamides is 1. The average molecular weight is 561 g/mol. The maximum absolute atomic E-state index is 13.3. The molecule has 210 valence electrons. The summed E-state index contributed by atoms with van der Waals surface area (Å²) in [7, 11) is -3.93. The monoisotopic (exact) mass is 560 g/mol. The standard InChI is InChI=1S/C31H36N4O4S/c1-4-22-39-28-12-7-6-11-26(28)23-34-18-9-19-35(21-20-34)31(36)25-14-16-27(17-15-25)33-40(37,38)29-13-8-10-24(3)30(29)32-5-2/h5-8,10-17,33H,2-4,9,18-23H2,1H3/b32-30+. The smallest absolute Gasteiger partial charge is 0.264 e. The zero-order valence-electron chi connectivity index (χ0n) is 22.9. The van der Waals surface area contributed by atoms with Gasteiger partial charge < -0.3 is 9.64 Å². The van der Waals surface area contributed by atoms with Gasteiger partial charge in [-0.25, -0.2) is 8.42 Å². The molecule has 1 fully saturated rings. The molecule has 1 saturated heterocycles. The zero-order chi connectivity index (χ0) is 28.5. The van der Waals surface area contributed by atoms with E-state index in [1.807, 2.05) is 23.1 Å². The lowest BCUT2D eigenvalue weighted by molar-refractivity contribution is 0.0761. The van der Waals surface area contributed by atoms with Crippen LogP contribution in [0.15, 0.2) is 102 Å². The van der Waals surface area contributed by atoms with Crippen LogP contribution < -0.4 is 9.46 Å². The molecule has 4 rings (SSSR count). The van der Waals surface area contributed by atoms with Crippen molar-refractivity contribution in [3.05, 3.63) is 108 Å². The SMILES string of the molecule is C=C/N=C1\C(=C)C=CC=C1S(=O)(=O)Nc1ccc(C(=O)N2CCCN(Cc3ccccc3OCCC)CC2)cc1. The Morgan fingerprint density at radius 3 is 2.62 bits per heavy atom. The van der Waals surface area contributed by atoms with E-state index in [4.69, 9.17) is 4.74 Å². The largest absolute Gasteiger partial charge is 0.493 e. The fraction of sp³-hybridized carbons (Fsp3) is 0.290. The Bertz CT molecular complexity index is 1440. The van der Waals surface area contributed by atoms with Crippen LogP contribution in [-0.2, 0) is 16.6 Å². The van der Waals surface area contributed by atoms with E-state index in [9.17, 15) is 13.2 Å². The lowest BCUT2D eigenvalue weighted by Gasteiger charge is -2.23. The Labute approximate surface area is 237 Å². The normalized spacial score (nSPS) is 17.3. The van der Waals surface area contributed by atoms with Crippen LogP contribution in [0, 0.1) is 0 Å². The second-order valence-electron chi connectivity index (χ2n) is 9.64. The van der Waals surface area contributed by atoms with Gasteiger partial charge in [-0.05, 0) is 54.8 Å². The average Bonchev–Trinajstić information content (AvgIpc) is 3.19. The number of allylic oxidation sites excluding steroid dienone is 5. The number of aliphatic imine (C=N–C) groups is 1. The number of carbonyl (C=O) groups excluding carboxylic acids is 1. The first-order chi connectivity index (χ1) is 19.3. The molecule has 1 amide bonds. The van der Waals surface area contributed by atoms with Gasteiger partial charge in [0.15, 0.2) is 0 Å². The molecule has 0 aromatic heterocycles. The number of nitrogens with zero attached hydrogens (tertiary/aromatic N) is 3. The second-order valence-corrected chi connectivity index (χ2v) is 11.3. The maximum atomic E-state index is 13.3. The van der Waals surface area contributed by atoms with Crippen molar-refractivity contribution in [2.45, 2.75) is 26.3 Å². The number of hydrogen-bond donors (Lipinski definition) is 1. The lowest BCUT2D eigenvalue weighted by Crippen LogP contribution is -2.35. The first kappa shape index (κ1) is 29.0. The molecular formula is C31H36N4O4S. The number of ether oxygens (including phenoxy) is 1. The summed E-state index contributed by atoms with van der Waals surface area (Å²) in [6.07, 6.45) is 7.88. The van der Waals surface area contributed by atoms with Crippen LogP contribution in [0.25, 0.3) is 0 Å². The maximum Gasteiger partial charge on any atom is 0.264 e. The van der Waals surface area contributed by atoms with Gasteiger partial charge in [0.05, 0.1) is 12.3 Å². The highest BCUT2D eigenvalue weighted by Gasteiger charge is 2.26. The Hall–Kier alpha value is -3.95. The first-order valence-corrected chi connectivity index (χ1v) is 14.9. The zero-order valence-corrected chi connectivity index (χ0v) is 23.7. The fourth-order valence-electron chi connectivity index (χ4n) is 4.66. The van der Waals surface area contributed by atoms with Gasteiger partial charge in [0.25, 0.3) is 15.9 Å². The summed E-state index contributed by atoms with van der Waals surface area (Å²) in [5.41, 5.74) is 2.73. The number of carbonyl (C=O) groups is 1. The molecule has 0 radical (unpaired) electrons. The van der Waals surface area contributed by atoms with Crippen LogP contribution in [0.4, 0.5) is 5.69 Å². The fourth-order valence-corrected chi connectivity index (χ4v) is 5.91. The molecule has 0 unspecified atom stereocenters. The number of amides is 1. The number of nitrogens with one attached hydrogen (secondary N) is 1. The van der Waals surface area contributed by atoms with E-state index < -0.39 is 10.0 Å². The second kappa shape index (κ2) is 13.4. The minimum Gasteiger partial charge on any atom is -0.493 e. The van der Waals surface area contributed by atoms with Gasteiger partial charge in [-0.2, -0.15) is 0 Å². The molecule has 9 heteroatoms. The van der Waals surface area contributed by atoms with E-state index in [1.165, 1.54) is 12.3 Å². The van der Waals surface area contributed by atoms with Crippen molar-refractivity contribution in [1.82, 2.24) is 9.80 Å². The van der Waals surface area contributed by atoms with Crippen LogP contribution in [0.5, 0.6) is 5.75 Å². The first-order valence-electron chi connectivity index (χ1n) is 13.4. The topological polar surface area (TPSA) is 91.3 Å². The van der Waals surface area contributed by atoms with Crippen LogP contribution in [-0.4, -0.2) is 62.6 Å². The molecule has 0 atom stereocenters. The molecule has 0 saturated carbocycles. The molecular weight excluding hydrogens is 524 g/mol. The highest BCUT2D eigenvalue weighted by Crippen LogP contribution is 2.24. The third-order valence-corrected chi connectivity index (χ3v) is 8.09. The third-order valence-electron chi connectivity index (χ3n) is 6.68. The molecule has 8 nitrogen and oxygen atoms in total. The molecule has 40 heavy (non-hydrogen) atoms. The van der Waals surface area contributed by atoms with Crippen LogP contribution in [0.3, 0.4) is 0 Å². The van der Waals surface area contributed by atoms with Crippen LogP contribution in [0.1, 0.15) is 35.7 Å². The van der Waals surface area contributed by atoms with Crippen molar-refractivity contribution in [1.29, 1.82) is 0 Å². The van der Waals surface area contributed by atoms with Crippen molar-refractivity contribution >= 4 is 27.3 Å². The van der Waals surface area contributed by atoms with Gasteiger partial charge in [-0.3, -0.25) is 19.4 Å².